The van der Waals surface area contributed by atoms with Gasteiger partial charge in [-0.2, -0.15) is 13.9 Å². The van der Waals surface area contributed by atoms with Crippen LogP contribution in [0.15, 0.2) is 64.4 Å². The van der Waals surface area contributed by atoms with Gasteiger partial charge >= 0.3 is 11.9 Å². The fourth-order valence-electron chi connectivity index (χ4n) is 3.51. The molecule has 1 unspecified atom stereocenters. The number of carbonyl (C=O) groups excluding carboxylic acids is 2. The molecule has 2 heterocycles. The van der Waals surface area contributed by atoms with E-state index >= 15 is 0 Å². The van der Waals surface area contributed by atoms with E-state index in [1.807, 2.05) is 6.92 Å². The number of ether oxygens (including phenoxy) is 2. The first kappa shape index (κ1) is 25.2. The van der Waals surface area contributed by atoms with E-state index in [0.717, 1.165) is 17.3 Å². The number of alkyl halides is 2. The number of nitrogens with zero attached hydrogens (tertiary/aromatic N) is 3. The summed E-state index contributed by atoms with van der Waals surface area (Å²) in [7, 11) is 1.36. The van der Waals surface area contributed by atoms with Crippen molar-refractivity contribution in [1.82, 2.24) is 10.2 Å². The van der Waals surface area contributed by atoms with Crippen LogP contribution in [-0.2, 0) is 6.54 Å². The zero-order valence-electron chi connectivity index (χ0n) is 19.3. The Labute approximate surface area is 209 Å². The summed E-state index contributed by atoms with van der Waals surface area (Å²) in [6, 6.07) is 13.0. The summed E-state index contributed by atoms with van der Waals surface area (Å²) < 4.78 is 40.3. The minimum atomic E-state index is -3.01. The van der Waals surface area contributed by atoms with E-state index in [4.69, 9.17) is 9.26 Å². The summed E-state index contributed by atoms with van der Waals surface area (Å²) in [5.74, 6) is -0.293. The zero-order valence-corrected chi connectivity index (χ0v) is 20.1. The van der Waals surface area contributed by atoms with Gasteiger partial charge < -0.3 is 19.3 Å². The summed E-state index contributed by atoms with van der Waals surface area (Å²) in [5, 5.41) is 11.6. The maximum Gasteiger partial charge on any atom is 0.387 e. The number of nitrogens with one attached hydrogen (secondary N) is 1. The topological polar surface area (TPSA) is 106 Å². The lowest BCUT2D eigenvalue weighted by Crippen LogP contribution is -2.34. The van der Waals surface area contributed by atoms with Gasteiger partial charge in [0, 0.05) is 17.3 Å². The molecule has 1 atom stereocenters. The smallest absolute Gasteiger partial charge is 0.387 e. The van der Waals surface area contributed by atoms with Crippen molar-refractivity contribution in [2.45, 2.75) is 31.8 Å². The van der Waals surface area contributed by atoms with Gasteiger partial charge in [0.1, 0.15) is 0 Å². The van der Waals surface area contributed by atoms with E-state index in [9.17, 15) is 18.4 Å². The molecule has 4 rings (SSSR count). The van der Waals surface area contributed by atoms with Crippen LogP contribution in [0.3, 0.4) is 0 Å². The first-order chi connectivity index (χ1) is 17.4. The van der Waals surface area contributed by atoms with Crippen molar-refractivity contribution >= 4 is 34.3 Å². The van der Waals surface area contributed by atoms with Gasteiger partial charge in [0.15, 0.2) is 11.5 Å². The maximum atomic E-state index is 12.9. The Morgan fingerprint density at radius 2 is 1.97 bits per heavy atom. The molecule has 0 fully saturated rings. The predicted molar refractivity (Wildman–Crippen MR) is 130 cm³/mol. The second-order valence-electron chi connectivity index (χ2n) is 7.60. The number of amides is 2. The molecule has 188 valence electrons. The van der Waals surface area contributed by atoms with Gasteiger partial charge in [0.05, 0.1) is 30.8 Å². The quantitative estimate of drug-likeness (QED) is 0.407. The highest BCUT2D eigenvalue weighted by Gasteiger charge is 2.31. The van der Waals surface area contributed by atoms with Crippen LogP contribution in [0.5, 0.6) is 11.5 Å². The third kappa shape index (κ3) is 5.82. The van der Waals surface area contributed by atoms with Crippen molar-refractivity contribution in [3.05, 3.63) is 71.6 Å². The average molecular weight is 517 g/mol. The lowest BCUT2D eigenvalue weighted by Gasteiger charge is -2.28. The molecule has 9 nitrogen and oxygen atoms in total. The molecule has 1 aliphatic rings. The van der Waals surface area contributed by atoms with E-state index in [-0.39, 0.29) is 34.3 Å². The molecule has 2 amide bonds. The molecule has 1 aliphatic heterocycles. The van der Waals surface area contributed by atoms with Crippen molar-refractivity contribution in [2.75, 3.05) is 12.4 Å². The number of benzene rings is 2. The van der Waals surface area contributed by atoms with E-state index in [1.54, 1.807) is 30.3 Å². The average Bonchev–Trinajstić information content (AvgIpc) is 3.41. The number of aromatic nitrogens is 1. The third-order valence-corrected chi connectivity index (χ3v) is 6.49. The molecule has 0 saturated carbocycles. The zero-order chi connectivity index (χ0) is 25.7. The molecular formula is C24H22F2N4O5S. The molecule has 2 aromatic carbocycles. The molecule has 0 bridgehead atoms. The number of anilines is 1. The molecule has 1 aromatic heterocycles. The van der Waals surface area contributed by atoms with Gasteiger partial charge in [-0.3, -0.25) is 9.59 Å². The van der Waals surface area contributed by atoms with Gasteiger partial charge in [-0.05, 0) is 42.3 Å². The van der Waals surface area contributed by atoms with Crippen LogP contribution in [0.1, 0.15) is 35.0 Å². The number of hydrogen-bond donors (Lipinski definition) is 1. The molecule has 0 radical (unpaired) electrons. The standard InChI is InChI=1S/C24H22F2N4O5S/c1-3-20-21(15-6-9-17(33-2)19(12-15)34-23(25)26)29-30(24(32)36-20)13-14-4-7-16(8-5-14)28-22(31)18-10-11-27-35-18/h4-12,20,23H,3,13H2,1-2H3,(H,28,31). The van der Waals surface area contributed by atoms with E-state index in [1.165, 1.54) is 36.5 Å². The van der Waals surface area contributed by atoms with Crippen LogP contribution < -0.4 is 14.8 Å². The summed E-state index contributed by atoms with van der Waals surface area (Å²) in [5.41, 5.74) is 2.43. The summed E-state index contributed by atoms with van der Waals surface area (Å²) >= 11 is 1.12. The van der Waals surface area contributed by atoms with Crippen molar-refractivity contribution in [3.8, 4) is 11.5 Å². The highest BCUT2D eigenvalue weighted by molar-refractivity contribution is 8.14. The lowest BCUT2D eigenvalue weighted by atomic mass is 10.0. The minimum absolute atomic E-state index is 0.0861. The Morgan fingerprint density at radius 1 is 1.19 bits per heavy atom. The largest absolute Gasteiger partial charge is 0.493 e. The van der Waals surface area contributed by atoms with Crippen molar-refractivity contribution < 1.29 is 32.4 Å². The van der Waals surface area contributed by atoms with Crippen LogP contribution in [0, 0.1) is 0 Å². The number of halogens is 2. The number of methoxy groups -OCH3 is 1. The summed E-state index contributed by atoms with van der Waals surface area (Å²) in [6.45, 7) is -0.916. The third-order valence-electron chi connectivity index (χ3n) is 5.24. The fourth-order valence-corrected chi connectivity index (χ4v) is 4.44. The molecule has 1 N–H and O–H groups in total. The minimum Gasteiger partial charge on any atom is -0.493 e. The van der Waals surface area contributed by atoms with Crippen molar-refractivity contribution in [3.63, 3.8) is 0 Å². The van der Waals surface area contributed by atoms with Gasteiger partial charge in [0.2, 0.25) is 5.76 Å². The molecular weight excluding hydrogens is 494 g/mol. The van der Waals surface area contributed by atoms with Gasteiger partial charge in [-0.15, -0.1) is 0 Å². The Bertz CT molecular complexity index is 1250. The summed E-state index contributed by atoms with van der Waals surface area (Å²) in [6.07, 6.45) is 1.99. The number of carbonyl (C=O) groups is 2. The van der Waals surface area contributed by atoms with Crippen molar-refractivity contribution in [2.24, 2.45) is 5.10 Å². The SMILES string of the molecule is CCC1SC(=O)N(Cc2ccc(NC(=O)c3ccno3)cc2)N=C1c1ccc(OC)c(OC(F)F)c1. The Kier molecular flexibility index (Phi) is 7.84. The van der Waals surface area contributed by atoms with Crippen LogP contribution in [0.25, 0.3) is 0 Å². The van der Waals surface area contributed by atoms with Crippen molar-refractivity contribution in [1.29, 1.82) is 0 Å². The number of thioether (sulfide) groups is 1. The van der Waals surface area contributed by atoms with Gasteiger partial charge in [-0.25, -0.2) is 5.01 Å². The molecule has 3 aromatic rings. The monoisotopic (exact) mass is 516 g/mol. The number of hydrogen-bond acceptors (Lipinski definition) is 8. The first-order valence-corrected chi connectivity index (χ1v) is 11.8. The van der Waals surface area contributed by atoms with Crippen LogP contribution in [-0.4, -0.2) is 46.0 Å². The fraction of sp³-hybridized carbons (Fsp3) is 0.250. The lowest BCUT2D eigenvalue weighted by molar-refractivity contribution is -0.0512. The second-order valence-corrected chi connectivity index (χ2v) is 8.75. The van der Waals surface area contributed by atoms with Crippen LogP contribution >= 0.6 is 11.8 Å². The Morgan fingerprint density at radius 3 is 2.61 bits per heavy atom. The number of rotatable bonds is 9. The normalized spacial score (nSPS) is 15.6. The van der Waals surface area contributed by atoms with Crippen LogP contribution in [0.4, 0.5) is 19.3 Å². The van der Waals surface area contributed by atoms with E-state index in [0.29, 0.717) is 23.4 Å². The summed E-state index contributed by atoms with van der Waals surface area (Å²) in [4.78, 5) is 24.9. The molecule has 0 saturated heterocycles. The Balaban J connectivity index is 1.54. The molecule has 12 heteroatoms. The van der Waals surface area contributed by atoms with Crippen LogP contribution in [0.2, 0.25) is 0 Å². The van der Waals surface area contributed by atoms with E-state index < -0.39 is 12.5 Å². The van der Waals surface area contributed by atoms with Gasteiger partial charge in [0.25, 0.3) is 5.91 Å². The maximum absolute atomic E-state index is 12.9. The van der Waals surface area contributed by atoms with Gasteiger partial charge in [-0.1, -0.05) is 36.0 Å². The Hall–Kier alpha value is -3.93. The molecule has 36 heavy (non-hydrogen) atoms. The molecule has 0 spiro atoms. The molecule has 0 aliphatic carbocycles. The van der Waals surface area contributed by atoms with E-state index in [2.05, 4.69) is 20.3 Å². The highest BCUT2D eigenvalue weighted by atomic mass is 32.2. The second kappa shape index (κ2) is 11.2. The highest BCUT2D eigenvalue weighted by Crippen LogP contribution is 2.34. The first-order valence-electron chi connectivity index (χ1n) is 10.9. The predicted octanol–water partition coefficient (Wildman–Crippen LogP) is 5.39. The number of hydrazone groups is 1.